The summed E-state index contributed by atoms with van der Waals surface area (Å²) < 4.78 is 12.2. The molecule has 0 bridgehead atoms. The molecule has 0 heterocycles. The Hall–Kier alpha value is -3.53. The Bertz CT molecular complexity index is 1010. The number of benzene rings is 3. The van der Waals surface area contributed by atoms with Crippen molar-refractivity contribution in [3.63, 3.8) is 0 Å². The van der Waals surface area contributed by atoms with E-state index in [1.807, 2.05) is 79.7 Å². The van der Waals surface area contributed by atoms with Crippen molar-refractivity contribution in [3.05, 3.63) is 107 Å². The maximum Gasteiger partial charge on any atom is 0.154 e. The minimum atomic E-state index is -0.0769. The normalized spacial score (nSPS) is 11.2. The van der Waals surface area contributed by atoms with E-state index in [9.17, 15) is 4.79 Å². The van der Waals surface area contributed by atoms with E-state index in [4.69, 9.17) is 15.2 Å². The molecule has 154 valence electrons. The monoisotopic (exact) mass is 401 g/mol. The fourth-order valence-corrected chi connectivity index (χ4v) is 3.13. The number of nitrogens with two attached hydrogens (primary N) is 1. The van der Waals surface area contributed by atoms with Crippen LogP contribution in [-0.4, -0.2) is 5.78 Å². The molecular formula is C26H27NO3. The first-order valence-corrected chi connectivity index (χ1v) is 9.95. The number of hydrogen-bond acceptors (Lipinski definition) is 4. The van der Waals surface area contributed by atoms with Crippen molar-refractivity contribution >= 4 is 5.78 Å². The van der Waals surface area contributed by atoms with E-state index in [1.165, 1.54) is 13.0 Å². The summed E-state index contributed by atoms with van der Waals surface area (Å²) in [6.45, 7) is 4.41. The zero-order valence-electron chi connectivity index (χ0n) is 17.4. The summed E-state index contributed by atoms with van der Waals surface area (Å²) >= 11 is 0. The summed E-state index contributed by atoms with van der Waals surface area (Å²) in [5, 5.41) is 0. The second-order valence-corrected chi connectivity index (χ2v) is 7.28. The van der Waals surface area contributed by atoms with Crippen LogP contribution in [0.5, 0.6) is 11.5 Å². The van der Waals surface area contributed by atoms with Gasteiger partial charge in [0.15, 0.2) is 5.78 Å². The van der Waals surface area contributed by atoms with Gasteiger partial charge in [0.05, 0.1) is 0 Å². The molecule has 0 spiro atoms. The van der Waals surface area contributed by atoms with Gasteiger partial charge in [0.1, 0.15) is 24.7 Å². The highest BCUT2D eigenvalue weighted by Crippen LogP contribution is 2.31. The lowest BCUT2D eigenvalue weighted by molar-refractivity contribution is -0.112. The predicted octanol–water partition coefficient (Wildman–Crippen LogP) is 5.13. The number of ether oxygens (including phenoxy) is 2. The summed E-state index contributed by atoms with van der Waals surface area (Å²) in [5.74, 6) is 1.44. The van der Waals surface area contributed by atoms with Crippen molar-refractivity contribution in [2.24, 2.45) is 5.73 Å². The van der Waals surface area contributed by atoms with Gasteiger partial charge < -0.3 is 15.2 Å². The van der Waals surface area contributed by atoms with Crippen molar-refractivity contribution in [2.75, 3.05) is 0 Å². The quantitative estimate of drug-likeness (QED) is 0.505. The number of rotatable bonds is 9. The molecule has 4 nitrogen and oxygen atoms in total. The van der Waals surface area contributed by atoms with Crippen molar-refractivity contribution in [1.82, 2.24) is 0 Å². The summed E-state index contributed by atoms with van der Waals surface area (Å²) in [5.41, 5.74) is 10.6. The van der Waals surface area contributed by atoms with Crippen molar-refractivity contribution in [3.8, 4) is 11.5 Å². The molecule has 2 N–H and O–H groups in total. The first-order valence-electron chi connectivity index (χ1n) is 9.95. The van der Waals surface area contributed by atoms with Crippen LogP contribution >= 0.6 is 0 Å². The summed E-state index contributed by atoms with van der Waals surface area (Å²) in [7, 11) is 0. The average Bonchev–Trinajstić information content (AvgIpc) is 2.73. The Kier molecular flexibility index (Phi) is 7.28. The van der Waals surface area contributed by atoms with Crippen LogP contribution in [0, 0.1) is 6.92 Å². The molecule has 0 atom stereocenters. The van der Waals surface area contributed by atoms with Gasteiger partial charge in [-0.25, -0.2) is 0 Å². The second kappa shape index (κ2) is 10.3. The third-order valence-electron chi connectivity index (χ3n) is 4.62. The number of ketones is 1. The average molecular weight is 402 g/mol. The molecule has 0 radical (unpaired) electrons. The molecule has 0 fully saturated rings. The summed E-state index contributed by atoms with van der Waals surface area (Å²) in [6, 6.07) is 23.9. The molecule has 3 rings (SSSR count). The first kappa shape index (κ1) is 21.2. The zero-order valence-corrected chi connectivity index (χ0v) is 17.4. The van der Waals surface area contributed by atoms with Crippen molar-refractivity contribution < 1.29 is 14.3 Å². The zero-order chi connectivity index (χ0) is 21.3. The lowest BCUT2D eigenvalue weighted by Gasteiger charge is -2.17. The van der Waals surface area contributed by atoms with E-state index in [0.717, 1.165) is 33.8 Å². The van der Waals surface area contributed by atoms with E-state index in [0.29, 0.717) is 25.3 Å². The number of carbonyl (C=O) groups is 1. The van der Waals surface area contributed by atoms with Gasteiger partial charge in [-0.2, -0.15) is 0 Å². The van der Waals surface area contributed by atoms with Gasteiger partial charge in [-0.3, -0.25) is 4.79 Å². The van der Waals surface area contributed by atoms with E-state index in [-0.39, 0.29) is 5.78 Å². The molecule has 0 amide bonds. The van der Waals surface area contributed by atoms with Crippen LogP contribution in [0.1, 0.15) is 29.2 Å². The smallest absolute Gasteiger partial charge is 0.154 e. The van der Waals surface area contributed by atoms with Gasteiger partial charge in [-0.15, -0.1) is 0 Å². The van der Waals surface area contributed by atoms with Gasteiger partial charge in [0.2, 0.25) is 0 Å². The molecule has 0 aliphatic carbocycles. The predicted molar refractivity (Wildman–Crippen MR) is 119 cm³/mol. The lowest BCUT2D eigenvalue weighted by atomic mass is 10.0. The molecule has 30 heavy (non-hydrogen) atoms. The summed E-state index contributed by atoms with van der Waals surface area (Å²) in [6.07, 6.45) is 1.86. The lowest BCUT2D eigenvalue weighted by Crippen LogP contribution is -2.07. The van der Waals surface area contributed by atoms with Crippen molar-refractivity contribution in [2.45, 2.75) is 33.5 Å². The van der Waals surface area contributed by atoms with E-state index >= 15 is 0 Å². The van der Waals surface area contributed by atoms with E-state index < -0.39 is 0 Å². The summed E-state index contributed by atoms with van der Waals surface area (Å²) in [4.78, 5) is 11.4. The van der Waals surface area contributed by atoms with Gasteiger partial charge >= 0.3 is 0 Å². The highest BCUT2D eigenvalue weighted by molar-refractivity contribution is 5.87. The van der Waals surface area contributed by atoms with E-state index in [2.05, 4.69) is 0 Å². The molecule has 3 aromatic rings. The first-order chi connectivity index (χ1) is 14.5. The van der Waals surface area contributed by atoms with Gasteiger partial charge in [0.25, 0.3) is 0 Å². The van der Waals surface area contributed by atoms with Crippen LogP contribution < -0.4 is 15.2 Å². The molecule has 0 aliphatic heterocycles. The molecule has 0 aliphatic rings. The third kappa shape index (κ3) is 6.24. The Morgan fingerprint density at radius 1 is 0.867 bits per heavy atom. The van der Waals surface area contributed by atoms with Gasteiger partial charge in [-0.05, 0) is 48.7 Å². The Balaban J connectivity index is 1.84. The van der Waals surface area contributed by atoms with Crippen LogP contribution in [0.15, 0.2) is 84.6 Å². The van der Waals surface area contributed by atoms with E-state index in [1.54, 1.807) is 0 Å². The molecule has 3 aromatic carbocycles. The minimum Gasteiger partial charge on any atom is -0.489 e. The maximum absolute atomic E-state index is 11.4. The third-order valence-corrected chi connectivity index (χ3v) is 4.62. The number of carbonyl (C=O) groups excluding carboxylic acids is 1. The molecule has 0 saturated heterocycles. The van der Waals surface area contributed by atoms with Crippen LogP contribution in [0.3, 0.4) is 0 Å². The van der Waals surface area contributed by atoms with Crippen LogP contribution in [0.25, 0.3) is 0 Å². The Labute approximate surface area is 178 Å². The van der Waals surface area contributed by atoms with Crippen molar-refractivity contribution in [1.29, 1.82) is 0 Å². The topological polar surface area (TPSA) is 61.6 Å². The second-order valence-electron chi connectivity index (χ2n) is 7.28. The highest BCUT2D eigenvalue weighted by atomic mass is 16.5. The SMILES string of the molecule is CC(=O)/C=C(\N)Cc1cc(OCc2ccccc2)c(C)cc1OCc1ccccc1. The fourth-order valence-electron chi connectivity index (χ4n) is 3.13. The van der Waals surface area contributed by atoms with Crippen LogP contribution in [0.2, 0.25) is 0 Å². The molecule has 0 aromatic heterocycles. The van der Waals surface area contributed by atoms with Gasteiger partial charge in [0, 0.05) is 17.7 Å². The molecular weight excluding hydrogens is 374 g/mol. The molecule has 0 saturated carbocycles. The molecule has 0 unspecified atom stereocenters. The minimum absolute atomic E-state index is 0.0769. The standard InChI is InChI=1S/C26H27NO3/c1-19-13-26(30-18-22-11-7-4-8-12-22)23(15-24(27)14-20(2)28)16-25(19)29-17-21-9-5-3-6-10-21/h3-14,16H,15,17-18,27H2,1-2H3/b24-14-. The fraction of sp³-hybridized carbons (Fsp3) is 0.192. The Morgan fingerprint density at radius 3 is 1.93 bits per heavy atom. The number of allylic oxidation sites excluding steroid dienone is 2. The highest BCUT2D eigenvalue weighted by Gasteiger charge is 2.12. The van der Waals surface area contributed by atoms with Crippen LogP contribution in [0.4, 0.5) is 0 Å². The maximum atomic E-state index is 11.4. The van der Waals surface area contributed by atoms with Crippen LogP contribution in [-0.2, 0) is 24.4 Å². The largest absolute Gasteiger partial charge is 0.489 e. The van der Waals surface area contributed by atoms with Gasteiger partial charge in [-0.1, -0.05) is 60.7 Å². The Morgan fingerprint density at radius 2 is 1.40 bits per heavy atom. The number of hydrogen-bond donors (Lipinski definition) is 1. The number of aryl methyl sites for hydroxylation is 1. The molecule has 4 heteroatoms.